The molecule has 9 heteroatoms. The Morgan fingerprint density at radius 3 is 1.31 bits per heavy atom. The van der Waals surface area contributed by atoms with E-state index in [0.29, 0.717) is 0 Å². The topological polar surface area (TPSA) is 84.0 Å². The van der Waals surface area contributed by atoms with Crippen LogP contribution >= 0.6 is 0 Å². The van der Waals surface area contributed by atoms with Gasteiger partial charge in [0, 0.05) is 26.2 Å². The van der Waals surface area contributed by atoms with Gasteiger partial charge in [-0.25, -0.2) is 16.8 Å². The van der Waals surface area contributed by atoms with Gasteiger partial charge in [-0.15, -0.1) is 0 Å². The Bertz CT molecular complexity index is 948. The molecular weight excluding hydrogens is 412 g/mol. The highest BCUT2D eigenvalue weighted by Crippen LogP contribution is 2.20. The van der Waals surface area contributed by atoms with E-state index in [0.717, 1.165) is 11.1 Å². The van der Waals surface area contributed by atoms with Crippen molar-refractivity contribution in [2.45, 2.75) is 23.6 Å². The molecule has 0 saturated carbocycles. The van der Waals surface area contributed by atoms with Crippen molar-refractivity contribution in [2.75, 3.05) is 39.4 Å². The minimum absolute atomic E-state index is 0.0602. The van der Waals surface area contributed by atoms with E-state index in [4.69, 9.17) is 4.74 Å². The maximum absolute atomic E-state index is 13.0. The van der Waals surface area contributed by atoms with Crippen LogP contribution < -0.4 is 0 Å². The van der Waals surface area contributed by atoms with Crippen molar-refractivity contribution >= 4 is 20.0 Å². The first-order chi connectivity index (χ1) is 13.7. The van der Waals surface area contributed by atoms with Crippen molar-refractivity contribution in [3.05, 3.63) is 59.7 Å². The molecule has 1 heterocycles. The molecule has 7 nitrogen and oxygen atoms in total. The van der Waals surface area contributed by atoms with Gasteiger partial charge in [0.15, 0.2) is 0 Å². The molecule has 2 aromatic carbocycles. The van der Waals surface area contributed by atoms with E-state index in [9.17, 15) is 16.8 Å². The fourth-order valence-corrected chi connectivity index (χ4v) is 5.91. The molecule has 1 aliphatic heterocycles. The number of hydrogen-bond donors (Lipinski definition) is 0. The zero-order valence-corrected chi connectivity index (χ0v) is 18.2. The van der Waals surface area contributed by atoms with Gasteiger partial charge in [0.25, 0.3) is 0 Å². The largest absolute Gasteiger partial charge is 0.379 e. The highest BCUT2D eigenvalue weighted by Gasteiger charge is 2.30. The first-order valence-electron chi connectivity index (χ1n) is 9.43. The summed E-state index contributed by atoms with van der Waals surface area (Å²) < 4.78 is 60.3. The van der Waals surface area contributed by atoms with Gasteiger partial charge in [-0.05, 0) is 38.1 Å². The zero-order valence-electron chi connectivity index (χ0n) is 16.6. The quantitative estimate of drug-likeness (QED) is 0.729. The van der Waals surface area contributed by atoms with E-state index in [1.54, 1.807) is 48.5 Å². The molecule has 0 unspecified atom stereocenters. The third-order valence-electron chi connectivity index (χ3n) is 4.89. The molecule has 1 aliphatic rings. The van der Waals surface area contributed by atoms with E-state index in [2.05, 4.69) is 0 Å². The van der Waals surface area contributed by atoms with E-state index >= 15 is 0 Å². The van der Waals surface area contributed by atoms with Crippen LogP contribution in [-0.4, -0.2) is 64.8 Å². The average Bonchev–Trinajstić information content (AvgIpc) is 2.81. The van der Waals surface area contributed by atoms with Crippen LogP contribution in [0.4, 0.5) is 0 Å². The van der Waals surface area contributed by atoms with Gasteiger partial charge in [0.2, 0.25) is 20.0 Å². The Morgan fingerprint density at radius 2 is 0.966 bits per heavy atom. The van der Waals surface area contributed by atoms with Gasteiger partial charge in [-0.1, -0.05) is 35.4 Å². The minimum Gasteiger partial charge on any atom is -0.379 e. The van der Waals surface area contributed by atoms with Crippen molar-refractivity contribution < 1.29 is 21.6 Å². The Morgan fingerprint density at radius 1 is 0.621 bits per heavy atom. The lowest BCUT2D eigenvalue weighted by molar-refractivity contribution is 0.125. The highest BCUT2D eigenvalue weighted by atomic mass is 32.2. The number of nitrogens with zero attached hydrogens (tertiary/aromatic N) is 2. The monoisotopic (exact) mass is 438 g/mol. The molecule has 0 bridgehead atoms. The number of hydrogen-bond acceptors (Lipinski definition) is 5. The van der Waals surface area contributed by atoms with Crippen LogP contribution in [0.25, 0.3) is 0 Å². The van der Waals surface area contributed by atoms with Gasteiger partial charge in [0.1, 0.15) is 0 Å². The maximum Gasteiger partial charge on any atom is 0.243 e. The Kier molecular flexibility index (Phi) is 6.75. The van der Waals surface area contributed by atoms with E-state index in [1.165, 1.54) is 8.61 Å². The molecule has 0 aliphatic carbocycles. The molecule has 0 N–H and O–H groups in total. The molecule has 0 radical (unpaired) electrons. The lowest BCUT2D eigenvalue weighted by Gasteiger charge is -2.25. The summed E-state index contributed by atoms with van der Waals surface area (Å²) in [5, 5.41) is 0. The summed E-state index contributed by atoms with van der Waals surface area (Å²) in [6.45, 7) is 4.67. The smallest absolute Gasteiger partial charge is 0.243 e. The molecule has 0 spiro atoms. The number of aryl methyl sites for hydroxylation is 2. The van der Waals surface area contributed by atoms with Gasteiger partial charge in [0.05, 0.1) is 23.0 Å². The molecule has 0 atom stereocenters. The van der Waals surface area contributed by atoms with Crippen molar-refractivity contribution in [2.24, 2.45) is 0 Å². The van der Waals surface area contributed by atoms with Crippen LogP contribution in [0.15, 0.2) is 58.3 Å². The first kappa shape index (κ1) is 21.9. The Labute approximate surface area is 173 Å². The van der Waals surface area contributed by atoms with Crippen LogP contribution in [0.1, 0.15) is 11.1 Å². The fraction of sp³-hybridized carbons (Fsp3) is 0.400. The minimum atomic E-state index is -3.74. The summed E-state index contributed by atoms with van der Waals surface area (Å²) in [5.74, 6) is 0. The van der Waals surface area contributed by atoms with E-state index < -0.39 is 20.0 Å². The normalized spacial score (nSPS) is 18.0. The van der Waals surface area contributed by atoms with Gasteiger partial charge in [-0.2, -0.15) is 8.61 Å². The Hall–Kier alpha value is -1.78. The predicted octanol–water partition coefficient (Wildman–Crippen LogP) is 2.02. The second-order valence-electron chi connectivity index (χ2n) is 7.05. The average molecular weight is 439 g/mol. The summed E-state index contributed by atoms with van der Waals surface area (Å²) in [7, 11) is -7.48. The van der Waals surface area contributed by atoms with Gasteiger partial charge in [-0.3, -0.25) is 0 Å². The first-order valence-corrected chi connectivity index (χ1v) is 12.3. The molecule has 0 amide bonds. The number of ether oxygens (including phenoxy) is 1. The molecular formula is C20H26N2O5S2. The lowest BCUT2D eigenvalue weighted by Crippen LogP contribution is -2.41. The summed E-state index contributed by atoms with van der Waals surface area (Å²) >= 11 is 0. The SMILES string of the molecule is Cc1ccc(S(=O)(=O)N2CCOCCN(S(=O)(=O)c3ccc(C)cc3)CC2)cc1. The highest BCUT2D eigenvalue weighted by molar-refractivity contribution is 7.89. The van der Waals surface area contributed by atoms with Crippen molar-refractivity contribution in [3.63, 3.8) is 0 Å². The molecule has 1 fully saturated rings. The third-order valence-corrected chi connectivity index (χ3v) is 8.71. The third kappa shape index (κ3) is 5.04. The van der Waals surface area contributed by atoms with Crippen LogP contribution in [0.5, 0.6) is 0 Å². The maximum atomic E-state index is 13.0. The second-order valence-corrected chi connectivity index (χ2v) is 10.9. The summed E-state index contributed by atoms with van der Waals surface area (Å²) in [4.78, 5) is 0.380. The fourth-order valence-electron chi connectivity index (χ4n) is 3.08. The predicted molar refractivity (Wildman–Crippen MR) is 111 cm³/mol. The standard InChI is InChI=1S/C20H26N2O5S2/c1-17-3-7-19(8-4-17)28(23,24)21-11-12-22(14-16-27-15-13-21)29(25,26)20-9-5-18(2)6-10-20/h3-10H,11-16H2,1-2H3. The molecule has 158 valence electrons. The summed E-state index contributed by atoms with van der Waals surface area (Å²) in [5.41, 5.74) is 1.93. The Balaban J connectivity index is 1.84. The number of benzene rings is 2. The number of rotatable bonds is 4. The van der Waals surface area contributed by atoms with Crippen LogP contribution in [-0.2, 0) is 24.8 Å². The molecule has 2 aromatic rings. The zero-order chi connectivity index (χ0) is 21.1. The van der Waals surface area contributed by atoms with E-state index in [-0.39, 0.29) is 49.2 Å². The second kappa shape index (κ2) is 8.93. The summed E-state index contributed by atoms with van der Waals surface area (Å²) in [6, 6.07) is 13.2. The lowest BCUT2D eigenvalue weighted by atomic mass is 10.2. The molecule has 0 aromatic heterocycles. The molecule has 1 saturated heterocycles. The number of sulfonamides is 2. The van der Waals surface area contributed by atoms with Crippen LogP contribution in [0.2, 0.25) is 0 Å². The van der Waals surface area contributed by atoms with Crippen LogP contribution in [0.3, 0.4) is 0 Å². The molecule has 3 rings (SSSR count). The van der Waals surface area contributed by atoms with Crippen molar-refractivity contribution in [1.29, 1.82) is 0 Å². The van der Waals surface area contributed by atoms with Crippen molar-refractivity contribution in [3.8, 4) is 0 Å². The van der Waals surface area contributed by atoms with Gasteiger partial charge >= 0.3 is 0 Å². The van der Waals surface area contributed by atoms with Crippen molar-refractivity contribution in [1.82, 2.24) is 8.61 Å². The molecule has 29 heavy (non-hydrogen) atoms. The van der Waals surface area contributed by atoms with E-state index in [1.807, 2.05) is 13.8 Å². The summed E-state index contributed by atoms with van der Waals surface area (Å²) in [6.07, 6.45) is 0. The van der Waals surface area contributed by atoms with Crippen LogP contribution in [0, 0.1) is 13.8 Å². The van der Waals surface area contributed by atoms with Gasteiger partial charge < -0.3 is 4.74 Å².